The van der Waals surface area contributed by atoms with Gasteiger partial charge in [0.15, 0.2) is 0 Å². The molecule has 0 fully saturated rings. The van der Waals surface area contributed by atoms with Crippen molar-refractivity contribution in [3.63, 3.8) is 0 Å². The molecule has 1 aromatic rings. The summed E-state index contributed by atoms with van der Waals surface area (Å²) >= 11 is 8.50. The van der Waals surface area contributed by atoms with Crippen LogP contribution >= 0.6 is 17.9 Å². The van der Waals surface area contributed by atoms with Crippen LogP contribution in [0.25, 0.3) is 0 Å². The van der Waals surface area contributed by atoms with Crippen LogP contribution in [0.4, 0.5) is 5.69 Å². The number of benzene rings is 1. The number of nitrogens with zero attached hydrogens (tertiary/aromatic N) is 1. The smallest absolute Gasteiger partial charge is 0.241 e. The average molecular weight is 291 g/mol. The van der Waals surface area contributed by atoms with Crippen molar-refractivity contribution in [2.75, 3.05) is 25.1 Å². The maximum atomic E-state index is 9.23. The molecule has 0 aliphatic heterocycles. The van der Waals surface area contributed by atoms with Gasteiger partial charge in [0.05, 0.1) is 6.61 Å². The summed E-state index contributed by atoms with van der Waals surface area (Å²) in [6, 6.07) is 8.35. The topological polar surface area (TPSA) is 32.7 Å². The second-order valence-electron chi connectivity index (χ2n) is 3.77. The zero-order valence-corrected chi connectivity index (χ0v) is 12.6. The summed E-state index contributed by atoms with van der Waals surface area (Å²) in [5.74, 6) is 0. The van der Waals surface area contributed by atoms with Crippen molar-refractivity contribution in [1.29, 1.82) is 0 Å². The number of thiol groups is 1. The highest BCUT2D eigenvalue weighted by molar-refractivity contribution is 8.59. The molecule has 0 amide bonds. The molecule has 96 valence electrons. The molecule has 1 N–H and O–H groups in total. The van der Waals surface area contributed by atoms with Gasteiger partial charge in [-0.15, -0.1) is 0 Å². The van der Waals surface area contributed by atoms with Gasteiger partial charge in [0, 0.05) is 19.3 Å². The van der Waals surface area contributed by atoms with E-state index in [2.05, 4.69) is 54.1 Å². The van der Waals surface area contributed by atoms with Gasteiger partial charge < -0.3 is 14.3 Å². The van der Waals surface area contributed by atoms with E-state index in [0.717, 1.165) is 12.1 Å². The quantitative estimate of drug-likeness (QED) is 0.623. The molecule has 1 unspecified atom stereocenters. The van der Waals surface area contributed by atoms with Crippen LogP contribution in [0.5, 0.6) is 0 Å². The molecule has 0 spiro atoms. The standard InChI is InChI=1S/C11H18NO2PS2/c1-3-10-5-4-6-11(9-10)12(2)7-8-14-15(13,16)17/h4-6,9H,3,7-8H2,1-2H3,(H2,13,16,17). The van der Waals surface area contributed by atoms with E-state index in [9.17, 15) is 4.89 Å². The van der Waals surface area contributed by atoms with E-state index in [1.54, 1.807) is 0 Å². The lowest BCUT2D eigenvalue weighted by Gasteiger charge is -2.20. The minimum Gasteiger partial charge on any atom is -0.372 e. The lowest BCUT2D eigenvalue weighted by Crippen LogP contribution is -2.21. The zero-order chi connectivity index (χ0) is 12.9. The lowest BCUT2D eigenvalue weighted by molar-refractivity contribution is 0.328. The Bertz CT molecular complexity index is 408. The van der Waals surface area contributed by atoms with Crippen LogP contribution in [-0.2, 0) is 22.8 Å². The van der Waals surface area contributed by atoms with Crippen LogP contribution in [0.1, 0.15) is 12.5 Å². The van der Waals surface area contributed by atoms with Crippen molar-refractivity contribution in [2.45, 2.75) is 13.3 Å². The number of hydrogen-bond donors (Lipinski definition) is 2. The highest BCUT2D eigenvalue weighted by Crippen LogP contribution is 2.46. The average Bonchev–Trinajstić information content (AvgIpc) is 2.27. The summed E-state index contributed by atoms with van der Waals surface area (Å²) in [5, 5.41) is 0. The van der Waals surface area contributed by atoms with Gasteiger partial charge in [-0.25, -0.2) is 0 Å². The highest BCUT2D eigenvalue weighted by atomic mass is 32.9. The maximum Gasteiger partial charge on any atom is 0.241 e. The molecule has 0 aliphatic carbocycles. The first kappa shape index (κ1) is 15.0. The molecular weight excluding hydrogens is 273 g/mol. The molecule has 3 nitrogen and oxygen atoms in total. The number of likely N-dealkylation sites (N-methyl/N-ethyl adjacent to an activating group) is 1. The molecule has 0 heterocycles. The molecule has 6 heteroatoms. The maximum absolute atomic E-state index is 9.23. The zero-order valence-electron chi connectivity index (χ0n) is 10.0. The van der Waals surface area contributed by atoms with Crippen LogP contribution < -0.4 is 4.90 Å². The molecule has 0 bridgehead atoms. The Kier molecular flexibility index (Phi) is 5.97. The van der Waals surface area contributed by atoms with Crippen LogP contribution in [0.2, 0.25) is 0 Å². The Balaban J connectivity index is 2.51. The number of hydrogen-bond acceptors (Lipinski definition) is 3. The molecule has 0 aliphatic rings. The van der Waals surface area contributed by atoms with E-state index in [1.165, 1.54) is 5.56 Å². The van der Waals surface area contributed by atoms with E-state index in [4.69, 9.17) is 4.52 Å². The summed E-state index contributed by atoms with van der Waals surface area (Å²) in [6.45, 7) is 3.18. The molecule has 0 saturated carbocycles. The molecule has 17 heavy (non-hydrogen) atoms. The van der Waals surface area contributed by atoms with Gasteiger partial charge in [0.25, 0.3) is 0 Å². The minimum absolute atomic E-state index is 0.379. The van der Waals surface area contributed by atoms with Crippen molar-refractivity contribution in [1.82, 2.24) is 0 Å². The molecule has 1 rings (SSSR count). The third kappa shape index (κ3) is 5.89. The third-order valence-electron chi connectivity index (χ3n) is 2.45. The Hall–Kier alpha value is -0.0600. The lowest BCUT2D eigenvalue weighted by atomic mass is 10.1. The predicted octanol–water partition coefficient (Wildman–Crippen LogP) is 2.85. The molecular formula is C11H18NO2PS2. The van der Waals surface area contributed by atoms with Crippen LogP contribution in [0.3, 0.4) is 0 Å². The second-order valence-corrected chi connectivity index (χ2v) is 8.93. The monoisotopic (exact) mass is 291 g/mol. The van der Waals surface area contributed by atoms with Gasteiger partial charge >= 0.3 is 0 Å². The highest BCUT2D eigenvalue weighted by Gasteiger charge is 2.07. The first-order valence-electron chi connectivity index (χ1n) is 5.42. The molecule has 1 atom stereocenters. The number of anilines is 1. The normalized spacial score (nSPS) is 14.4. The first-order chi connectivity index (χ1) is 7.92. The van der Waals surface area contributed by atoms with E-state index < -0.39 is 5.69 Å². The Labute approximate surface area is 113 Å². The molecule has 0 radical (unpaired) electrons. The van der Waals surface area contributed by atoms with Crippen molar-refractivity contribution in [3.05, 3.63) is 29.8 Å². The first-order valence-corrected chi connectivity index (χ1v) is 9.25. The van der Waals surface area contributed by atoms with Crippen molar-refractivity contribution < 1.29 is 9.42 Å². The van der Waals surface area contributed by atoms with Crippen LogP contribution in [0, 0.1) is 0 Å². The fraction of sp³-hybridized carbons (Fsp3) is 0.455. The second kappa shape index (κ2) is 6.76. The Morgan fingerprint density at radius 2 is 2.24 bits per heavy atom. The molecule has 0 aromatic heterocycles. The third-order valence-corrected chi connectivity index (χ3v) is 3.63. The van der Waals surface area contributed by atoms with Gasteiger partial charge in [-0.2, -0.15) is 0 Å². The van der Waals surface area contributed by atoms with Crippen molar-refractivity contribution in [3.8, 4) is 0 Å². The minimum atomic E-state index is -2.83. The van der Waals surface area contributed by atoms with E-state index in [1.807, 2.05) is 13.1 Å². The van der Waals surface area contributed by atoms with Gasteiger partial charge in [0.2, 0.25) is 5.69 Å². The van der Waals surface area contributed by atoms with Crippen molar-refractivity contribution >= 4 is 35.4 Å². The van der Waals surface area contributed by atoms with Gasteiger partial charge in [-0.1, -0.05) is 31.3 Å². The number of rotatable bonds is 6. The van der Waals surface area contributed by atoms with E-state index >= 15 is 0 Å². The Morgan fingerprint density at radius 3 is 2.82 bits per heavy atom. The van der Waals surface area contributed by atoms with E-state index in [-0.39, 0.29) is 0 Å². The van der Waals surface area contributed by atoms with Gasteiger partial charge in [0.1, 0.15) is 0 Å². The Morgan fingerprint density at radius 1 is 1.53 bits per heavy atom. The fourth-order valence-corrected chi connectivity index (χ4v) is 2.23. The van der Waals surface area contributed by atoms with Crippen molar-refractivity contribution in [2.24, 2.45) is 0 Å². The summed E-state index contributed by atoms with van der Waals surface area (Å²) < 4.78 is 5.08. The van der Waals surface area contributed by atoms with Gasteiger partial charge in [-0.05, 0) is 35.9 Å². The summed E-state index contributed by atoms with van der Waals surface area (Å²) in [7, 11) is 1.98. The SMILES string of the molecule is CCc1cccc(N(C)CCOP(O)(=S)S)c1. The largest absolute Gasteiger partial charge is 0.372 e. The molecule has 0 saturated heterocycles. The summed E-state index contributed by atoms with van der Waals surface area (Å²) in [5.41, 5.74) is -0.388. The summed E-state index contributed by atoms with van der Waals surface area (Å²) in [4.78, 5) is 11.3. The molecule has 1 aromatic carbocycles. The fourth-order valence-electron chi connectivity index (χ4n) is 1.44. The predicted molar refractivity (Wildman–Crippen MR) is 80.5 cm³/mol. The van der Waals surface area contributed by atoms with E-state index in [0.29, 0.717) is 13.2 Å². The van der Waals surface area contributed by atoms with Gasteiger partial charge in [-0.3, -0.25) is 0 Å². The summed E-state index contributed by atoms with van der Waals surface area (Å²) in [6.07, 6.45) is 1.02. The van der Waals surface area contributed by atoms with Crippen LogP contribution in [0.15, 0.2) is 24.3 Å². The number of aryl methyl sites for hydroxylation is 1. The van der Waals surface area contributed by atoms with Crippen LogP contribution in [-0.4, -0.2) is 25.1 Å².